The largest absolute Gasteiger partial charge is 0.369 e. The molecule has 0 fully saturated rings. The maximum absolute atomic E-state index is 5.92. The summed E-state index contributed by atoms with van der Waals surface area (Å²) in [5, 5.41) is 0. The quantitative estimate of drug-likeness (QED) is 0.887. The van der Waals surface area contributed by atoms with Gasteiger partial charge in [0, 0.05) is 28.8 Å². The van der Waals surface area contributed by atoms with Crippen molar-refractivity contribution in [3.05, 3.63) is 28.2 Å². The molecule has 0 aliphatic heterocycles. The molecular formula is C14H23BrN2. The highest BCUT2D eigenvalue weighted by Crippen LogP contribution is 2.28. The lowest BCUT2D eigenvalue weighted by atomic mass is 10.1. The van der Waals surface area contributed by atoms with Crippen LogP contribution < -0.4 is 10.6 Å². The van der Waals surface area contributed by atoms with Gasteiger partial charge in [0.1, 0.15) is 0 Å². The van der Waals surface area contributed by atoms with Gasteiger partial charge in [0.05, 0.1) is 0 Å². The zero-order chi connectivity index (χ0) is 13.0. The molecule has 0 aliphatic rings. The Morgan fingerprint density at radius 1 is 1.29 bits per heavy atom. The van der Waals surface area contributed by atoms with Crippen LogP contribution in [0.2, 0.25) is 0 Å². The van der Waals surface area contributed by atoms with Gasteiger partial charge in [0.25, 0.3) is 0 Å². The van der Waals surface area contributed by atoms with E-state index in [1.54, 1.807) is 0 Å². The molecule has 0 saturated carbocycles. The van der Waals surface area contributed by atoms with E-state index in [4.69, 9.17) is 5.73 Å². The summed E-state index contributed by atoms with van der Waals surface area (Å²) in [6.07, 6.45) is 1.16. The van der Waals surface area contributed by atoms with Crippen LogP contribution in [0, 0.1) is 0 Å². The fourth-order valence-electron chi connectivity index (χ4n) is 1.99. The van der Waals surface area contributed by atoms with Gasteiger partial charge in [-0.05, 0) is 44.9 Å². The van der Waals surface area contributed by atoms with E-state index in [9.17, 15) is 0 Å². The summed E-state index contributed by atoms with van der Waals surface area (Å²) in [5.74, 6) is 0. The third-order valence-electron chi connectivity index (χ3n) is 2.89. The van der Waals surface area contributed by atoms with Crippen molar-refractivity contribution in [3.8, 4) is 0 Å². The van der Waals surface area contributed by atoms with Crippen LogP contribution in [-0.4, -0.2) is 12.6 Å². The normalized spacial score (nSPS) is 12.9. The molecule has 0 radical (unpaired) electrons. The first-order chi connectivity index (χ1) is 7.97. The molecule has 3 heteroatoms. The van der Waals surface area contributed by atoms with Crippen LogP contribution in [0.15, 0.2) is 22.7 Å². The number of nitrogens with two attached hydrogens (primary N) is 1. The van der Waals surface area contributed by atoms with Crippen molar-refractivity contribution in [1.29, 1.82) is 0 Å². The highest BCUT2D eigenvalue weighted by Gasteiger charge is 2.12. The summed E-state index contributed by atoms with van der Waals surface area (Å²) in [4.78, 5) is 2.41. The van der Waals surface area contributed by atoms with E-state index in [0.29, 0.717) is 6.04 Å². The Kier molecular flexibility index (Phi) is 5.47. The van der Waals surface area contributed by atoms with Crippen molar-refractivity contribution in [2.45, 2.75) is 46.2 Å². The summed E-state index contributed by atoms with van der Waals surface area (Å²) in [6.45, 7) is 9.75. The van der Waals surface area contributed by atoms with Crippen LogP contribution in [0.1, 0.15) is 45.7 Å². The smallest absolute Gasteiger partial charge is 0.0380 e. The Labute approximate surface area is 113 Å². The summed E-state index contributed by atoms with van der Waals surface area (Å²) >= 11 is 3.61. The average Bonchev–Trinajstić information content (AvgIpc) is 2.24. The number of hydrogen-bond acceptors (Lipinski definition) is 2. The van der Waals surface area contributed by atoms with Crippen molar-refractivity contribution in [3.63, 3.8) is 0 Å². The minimum atomic E-state index is 0.0668. The maximum atomic E-state index is 5.92. The molecule has 0 aliphatic carbocycles. The van der Waals surface area contributed by atoms with Crippen molar-refractivity contribution in [1.82, 2.24) is 0 Å². The zero-order valence-electron chi connectivity index (χ0n) is 11.2. The number of benzene rings is 1. The first-order valence-electron chi connectivity index (χ1n) is 6.29. The molecule has 0 aromatic heterocycles. The van der Waals surface area contributed by atoms with Gasteiger partial charge < -0.3 is 10.6 Å². The first-order valence-corrected chi connectivity index (χ1v) is 7.08. The second kappa shape index (κ2) is 6.41. The lowest BCUT2D eigenvalue weighted by Gasteiger charge is -2.29. The molecule has 0 unspecified atom stereocenters. The van der Waals surface area contributed by atoms with Crippen LogP contribution in [-0.2, 0) is 0 Å². The van der Waals surface area contributed by atoms with E-state index >= 15 is 0 Å². The van der Waals surface area contributed by atoms with Gasteiger partial charge in [-0.25, -0.2) is 0 Å². The van der Waals surface area contributed by atoms with E-state index < -0.39 is 0 Å². The maximum Gasteiger partial charge on any atom is 0.0380 e. The second-order valence-electron chi connectivity index (χ2n) is 4.78. The Morgan fingerprint density at radius 2 is 1.94 bits per heavy atom. The minimum Gasteiger partial charge on any atom is -0.369 e. The molecule has 0 heterocycles. The summed E-state index contributed by atoms with van der Waals surface area (Å²) < 4.78 is 1.10. The molecule has 0 amide bonds. The standard InChI is InChI=1S/C14H23BrN2/c1-5-8-17(10(2)3)12-6-7-13(11(4)16)14(15)9-12/h6-7,9-11H,5,8,16H2,1-4H3/t11-/m0/s1. The van der Waals surface area contributed by atoms with Gasteiger partial charge in [0.2, 0.25) is 0 Å². The van der Waals surface area contributed by atoms with Crippen molar-refractivity contribution < 1.29 is 0 Å². The molecule has 0 bridgehead atoms. The molecule has 1 atom stereocenters. The summed E-state index contributed by atoms with van der Waals surface area (Å²) in [7, 11) is 0. The number of rotatable bonds is 5. The Morgan fingerprint density at radius 3 is 2.35 bits per heavy atom. The van der Waals surface area contributed by atoms with Crippen LogP contribution in [0.5, 0.6) is 0 Å². The van der Waals surface area contributed by atoms with Crippen LogP contribution >= 0.6 is 15.9 Å². The van der Waals surface area contributed by atoms with E-state index in [0.717, 1.165) is 23.0 Å². The molecular weight excluding hydrogens is 276 g/mol. The fraction of sp³-hybridized carbons (Fsp3) is 0.571. The minimum absolute atomic E-state index is 0.0668. The third kappa shape index (κ3) is 3.71. The number of anilines is 1. The van der Waals surface area contributed by atoms with Gasteiger partial charge in [-0.2, -0.15) is 0 Å². The lowest BCUT2D eigenvalue weighted by Crippen LogP contribution is -2.31. The van der Waals surface area contributed by atoms with Gasteiger partial charge in [-0.1, -0.05) is 28.9 Å². The fourth-order valence-corrected chi connectivity index (χ4v) is 2.72. The van der Waals surface area contributed by atoms with E-state index in [1.807, 2.05) is 6.92 Å². The van der Waals surface area contributed by atoms with Gasteiger partial charge in [-0.3, -0.25) is 0 Å². The molecule has 17 heavy (non-hydrogen) atoms. The highest BCUT2D eigenvalue weighted by molar-refractivity contribution is 9.10. The zero-order valence-corrected chi connectivity index (χ0v) is 12.8. The second-order valence-corrected chi connectivity index (χ2v) is 5.64. The topological polar surface area (TPSA) is 29.3 Å². The number of nitrogens with zero attached hydrogens (tertiary/aromatic N) is 1. The van der Waals surface area contributed by atoms with E-state index in [1.165, 1.54) is 5.69 Å². The number of halogens is 1. The molecule has 2 N–H and O–H groups in total. The molecule has 1 aromatic carbocycles. The van der Waals surface area contributed by atoms with Crippen LogP contribution in [0.25, 0.3) is 0 Å². The monoisotopic (exact) mass is 298 g/mol. The van der Waals surface area contributed by atoms with E-state index in [-0.39, 0.29) is 6.04 Å². The number of hydrogen-bond donors (Lipinski definition) is 1. The molecule has 1 aromatic rings. The van der Waals surface area contributed by atoms with Crippen LogP contribution in [0.3, 0.4) is 0 Å². The molecule has 0 saturated heterocycles. The molecule has 0 spiro atoms. The summed E-state index contributed by atoms with van der Waals surface area (Å²) in [6, 6.07) is 7.04. The average molecular weight is 299 g/mol. The van der Waals surface area contributed by atoms with Gasteiger partial charge in [-0.15, -0.1) is 0 Å². The Hall–Kier alpha value is -0.540. The van der Waals surface area contributed by atoms with Crippen molar-refractivity contribution >= 4 is 21.6 Å². The van der Waals surface area contributed by atoms with E-state index in [2.05, 4.69) is 59.8 Å². The highest BCUT2D eigenvalue weighted by atomic mass is 79.9. The third-order valence-corrected chi connectivity index (χ3v) is 3.58. The van der Waals surface area contributed by atoms with Gasteiger partial charge >= 0.3 is 0 Å². The van der Waals surface area contributed by atoms with Crippen molar-refractivity contribution in [2.24, 2.45) is 5.73 Å². The molecule has 96 valence electrons. The van der Waals surface area contributed by atoms with Crippen molar-refractivity contribution in [2.75, 3.05) is 11.4 Å². The predicted octanol–water partition coefficient (Wildman–Crippen LogP) is 4.09. The van der Waals surface area contributed by atoms with Gasteiger partial charge in [0.15, 0.2) is 0 Å². The van der Waals surface area contributed by atoms with Crippen LogP contribution in [0.4, 0.5) is 5.69 Å². The summed E-state index contributed by atoms with van der Waals surface area (Å²) in [5.41, 5.74) is 8.34. The molecule has 1 rings (SSSR count). The first kappa shape index (κ1) is 14.5. The lowest BCUT2D eigenvalue weighted by molar-refractivity contribution is 0.670. The Balaban J connectivity index is 3.02. The predicted molar refractivity (Wildman–Crippen MR) is 79.5 cm³/mol. The SMILES string of the molecule is CCCN(c1ccc([C@H](C)N)c(Br)c1)C(C)C. The Bertz CT molecular complexity index is 361. The molecule has 2 nitrogen and oxygen atoms in total.